The van der Waals surface area contributed by atoms with Crippen molar-refractivity contribution >= 4 is 17.5 Å². The largest absolute Gasteiger partial charge is 0.486 e. The third-order valence-electron chi connectivity index (χ3n) is 2.47. The second-order valence-electron chi connectivity index (χ2n) is 3.67. The van der Waals surface area contributed by atoms with Crippen molar-refractivity contribution in [1.82, 2.24) is 0 Å². The van der Waals surface area contributed by atoms with Gasteiger partial charge in [-0.05, 0) is 30.9 Å². The van der Waals surface area contributed by atoms with E-state index in [1.54, 1.807) is 6.07 Å². The van der Waals surface area contributed by atoms with E-state index < -0.39 is 0 Å². The second-order valence-corrected chi connectivity index (χ2v) is 4.53. The lowest BCUT2D eigenvalue weighted by molar-refractivity contribution is 0.102. The SMILES string of the molecule is CSCC(=O)c1cc2c(cc1C)OCCO2. The number of carbonyl (C=O) groups is 1. The predicted molar refractivity (Wildman–Crippen MR) is 64.9 cm³/mol. The number of ketones is 1. The van der Waals surface area contributed by atoms with E-state index in [-0.39, 0.29) is 5.78 Å². The van der Waals surface area contributed by atoms with Crippen LogP contribution in [0.3, 0.4) is 0 Å². The van der Waals surface area contributed by atoms with Crippen LogP contribution < -0.4 is 9.47 Å². The van der Waals surface area contributed by atoms with Gasteiger partial charge in [0.25, 0.3) is 0 Å². The average molecular weight is 238 g/mol. The molecule has 0 atom stereocenters. The lowest BCUT2D eigenvalue weighted by atomic mass is 10.0. The Morgan fingerprint density at radius 1 is 1.31 bits per heavy atom. The Balaban J connectivity index is 2.35. The number of benzene rings is 1. The van der Waals surface area contributed by atoms with E-state index >= 15 is 0 Å². The molecule has 0 saturated carbocycles. The Hall–Kier alpha value is -1.16. The molecule has 1 aliphatic rings. The van der Waals surface area contributed by atoms with Gasteiger partial charge in [-0.15, -0.1) is 0 Å². The van der Waals surface area contributed by atoms with Gasteiger partial charge in [-0.3, -0.25) is 4.79 Å². The van der Waals surface area contributed by atoms with Crippen molar-refractivity contribution in [2.45, 2.75) is 6.92 Å². The molecule has 0 fully saturated rings. The van der Waals surface area contributed by atoms with E-state index in [0.717, 1.165) is 16.9 Å². The van der Waals surface area contributed by atoms with Gasteiger partial charge in [-0.25, -0.2) is 0 Å². The Labute approximate surface area is 99.1 Å². The highest BCUT2D eigenvalue weighted by atomic mass is 32.2. The summed E-state index contributed by atoms with van der Waals surface area (Å²) in [5.41, 5.74) is 1.68. The molecule has 0 N–H and O–H groups in total. The molecular weight excluding hydrogens is 224 g/mol. The van der Waals surface area contributed by atoms with Gasteiger partial charge in [0, 0.05) is 5.56 Å². The van der Waals surface area contributed by atoms with Crippen LogP contribution in [0, 0.1) is 6.92 Å². The Kier molecular flexibility index (Phi) is 3.39. The molecule has 0 radical (unpaired) electrons. The van der Waals surface area contributed by atoms with Crippen molar-refractivity contribution in [3.8, 4) is 11.5 Å². The normalized spacial score (nSPS) is 13.6. The minimum atomic E-state index is 0.141. The van der Waals surface area contributed by atoms with Crippen LogP contribution in [0.1, 0.15) is 15.9 Å². The number of aryl methyl sites for hydroxylation is 1. The summed E-state index contributed by atoms with van der Waals surface area (Å²) >= 11 is 1.53. The summed E-state index contributed by atoms with van der Waals surface area (Å²) in [7, 11) is 0. The molecular formula is C12H14O3S. The molecule has 0 bridgehead atoms. The molecule has 0 aromatic heterocycles. The molecule has 0 aliphatic carbocycles. The molecule has 0 unspecified atom stereocenters. The molecule has 1 aliphatic heterocycles. The topological polar surface area (TPSA) is 35.5 Å². The number of hydrogen-bond donors (Lipinski definition) is 0. The third kappa shape index (κ3) is 2.16. The average Bonchev–Trinajstić information content (AvgIpc) is 2.28. The number of thioether (sulfide) groups is 1. The Morgan fingerprint density at radius 2 is 1.94 bits per heavy atom. The van der Waals surface area contributed by atoms with Crippen LogP contribution in [-0.4, -0.2) is 31.0 Å². The van der Waals surface area contributed by atoms with Gasteiger partial charge >= 0.3 is 0 Å². The Morgan fingerprint density at radius 3 is 2.56 bits per heavy atom. The minimum absolute atomic E-state index is 0.141. The first-order chi connectivity index (χ1) is 7.72. The van der Waals surface area contributed by atoms with Gasteiger partial charge in [-0.2, -0.15) is 11.8 Å². The van der Waals surface area contributed by atoms with Crippen molar-refractivity contribution in [2.24, 2.45) is 0 Å². The molecule has 0 saturated heterocycles. The van der Waals surface area contributed by atoms with Gasteiger partial charge in [0.2, 0.25) is 0 Å². The quantitative estimate of drug-likeness (QED) is 0.757. The van der Waals surface area contributed by atoms with E-state index in [9.17, 15) is 4.79 Å². The lowest BCUT2D eigenvalue weighted by Gasteiger charge is -2.20. The molecule has 1 heterocycles. The van der Waals surface area contributed by atoms with Crippen LogP contribution in [0.2, 0.25) is 0 Å². The number of fused-ring (bicyclic) bond motifs is 1. The van der Waals surface area contributed by atoms with Crippen molar-refractivity contribution in [1.29, 1.82) is 0 Å². The van der Waals surface area contributed by atoms with E-state index in [0.29, 0.717) is 24.7 Å². The van der Waals surface area contributed by atoms with Gasteiger partial charge in [0.15, 0.2) is 17.3 Å². The zero-order valence-corrected chi connectivity index (χ0v) is 10.2. The fourth-order valence-electron chi connectivity index (χ4n) is 1.70. The minimum Gasteiger partial charge on any atom is -0.486 e. The highest BCUT2D eigenvalue weighted by Gasteiger charge is 2.17. The van der Waals surface area contributed by atoms with Crippen molar-refractivity contribution < 1.29 is 14.3 Å². The van der Waals surface area contributed by atoms with Crippen LogP contribution in [0.25, 0.3) is 0 Å². The molecule has 0 amide bonds. The standard InChI is InChI=1S/C12H14O3S/c1-8-5-11-12(15-4-3-14-11)6-9(8)10(13)7-16-2/h5-6H,3-4,7H2,1-2H3. The number of rotatable bonds is 3. The fraction of sp³-hybridized carbons (Fsp3) is 0.417. The van der Waals surface area contributed by atoms with E-state index in [4.69, 9.17) is 9.47 Å². The first-order valence-corrected chi connectivity index (χ1v) is 6.54. The summed E-state index contributed by atoms with van der Waals surface area (Å²) < 4.78 is 10.9. The maximum absolute atomic E-state index is 11.8. The molecule has 1 aromatic rings. The molecule has 3 nitrogen and oxygen atoms in total. The summed E-state index contributed by atoms with van der Waals surface area (Å²) in [6.45, 7) is 3.04. The van der Waals surface area contributed by atoms with Crippen LogP contribution in [0.4, 0.5) is 0 Å². The highest BCUT2D eigenvalue weighted by Crippen LogP contribution is 2.33. The number of ether oxygens (including phenoxy) is 2. The van der Waals surface area contributed by atoms with Gasteiger partial charge < -0.3 is 9.47 Å². The lowest BCUT2D eigenvalue weighted by Crippen LogP contribution is -2.16. The fourth-order valence-corrected chi connectivity index (χ4v) is 2.12. The van der Waals surface area contributed by atoms with E-state index in [2.05, 4.69) is 0 Å². The number of hydrogen-bond acceptors (Lipinski definition) is 4. The smallest absolute Gasteiger partial charge is 0.173 e. The summed E-state index contributed by atoms with van der Waals surface area (Å²) in [6.07, 6.45) is 1.92. The highest BCUT2D eigenvalue weighted by molar-refractivity contribution is 7.99. The van der Waals surface area contributed by atoms with Crippen LogP contribution in [0.15, 0.2) is 12.1 Å². The molecule has 86 valence electrons. The van der Waals surface area contributed by atoms with Crippen molar-refractivity contribution in [2.75, 3.05) is 25.2 Å². The molecule has 0 spiro atoms. The van der Waals surface area contributed by atoms with Gasteiger partial charge in [0.05, 0.1) is 5.75 Å². The zero-order chi connectivity index (χ0) is 11.5. The molecule has 4 heteroatoms. The summed E-state index contributed by atoms with van der Waals surface area (Å²) in [4.78, 5) is 11.8. The van der Waals surface area contributed by atoms with Crippen molar-refractivity contribution in [3.63, 3.8) is 0 Å². The first-order valence-electron chi connectivity index (χ1n) is 5.14. The maximum Gasteiger partial charge on any atom is 0.173 e. The van der Waals surface area contributed by atoms with E-state index in [1.165, 1.54) is 11.8 Å². The molecule has 2 rings (SSSR count). The van der Waals surface area contributed by atoms with Gasteiger partial charge in [0.1, 0.15) is 13.2 Å². The molecule has 1 aromatic carbocycles. The summed E-state index contributed by atoms with van der Waals surface area (Å²) in [5, 5.41) is 0. The summed E-state index contributed by atoms with van der Waals surface area (Å²) in [5.74, 6) is 2.06. The zero-order valence-electron chi connectivity index (χ0n) is 9.41. The van der Waals surface area contributed by atoms with Crippen molar-refractivity contribution in [3.05, 3.63) is 23.3 Å². The van der Waals surface area contributed by atoms with Gasteiger partial charge in [-0.1, -0.05) is 0 Å². The van der Waals surface area contributed by atoms with Crippen LogP contribution in [-0.2, 0) is 0 Å². The van der Waals surface area contributed by atoms with Crippen LogP contribution >= 0.6 is 11.8 Å². The summed E-state index contributed by atoms with van der Waals surface area (Å²) in [6, 6.07) is 3.67. The maximum atomic E-state index is 11.8. The van der Waals surface area contributed by atoms with E-state index in [1.807, 2.05) is 19.2 Å². The Bertz CT molecular complexity index is 415. The number of Topliss-reactive ketones (excluding diaryl/α,β-unsaturated/α-hetero) is 1. The predicted octanol–water partition coefficient (Wildman–Crippen LogP) is 2.31. The molecule has 16 heavy (non-hydrogen) atoms. The monoisotopic (exact) mass is 238 g/mol. The first kappa shape index (κ1) is 11.3. The third-order valence-corrected chi connectivity index (χ3v) is 3.02. The van der Waals surface area contributed by atoms with Crippen LogP contribution in [0.5, 0.6) is 11.5 Å². The second kappa shape index (κ2) is 4.78. The number of carbonyl (C=O) groups excluding carboxylic acids is 1.